The van der Waals surface area contributed by atoms with E-state index < -0.39 is 11.7 Å². The van der Waals surface area contributed by atoms with E-state index >= 15 is 0 Å². The molecule has 0 radical (unpaired) electrons. The van der Waals surface area contributed by atoms with E-state index in [9.17, 15) is 9.18 Å². The van der Waals surface area contributed by atoms with E-state index in [1.54, 1.807) is 10.9 Å². The molecule has 1 aromatic heterocycles. The number of nitrogens with zero attached hydrogens (tertiary/aromatic N) is 2. The molecule has 1 unspecified atom stereocenters. The fourth-order valence-corrected chi connectivity index (χ4v) is 3.38. The van der Waals surface area contributed by atoms with Crippen molar-refractivity contribution in [3.8, 4) is 5.69 Å². The van der Waals surface area contributed by atoms with Gasteiger partial charge in [-0.05, 0) is 41.8 Å². The first-order valence-corrected chi connectivity index (χ1v) is 7.96. The van der Waals surface area contributed by atoms with Crippen LogP contribution in [-0.4, -0.2) is 22.2 Å². The van der Waals surface area contributed by atoms with Crippen molar-refractivity contribution in [2.75, 3.05) is 6.54 Å². The van der Waals surface area contributed by atoms with Gasteiger partial charge in [0.05, 0.1) is 11.3 Å². The van der Waals surface area contributed by atoms with E-state index in [0.717, 1.165) is 35.8 Å². The molecule has 0 saturated heterocycles. The Bertz CT molecular complexity index is 969. The van der Waals surface area contributed by atoms with Gasteiger partial charge in [-0.15, -0.1) is 11.6 Å². The third-order valence-electron chi connectivity index (χ3n) is 4.22. The van der Waals surface area contributed by atoms with Gasteiger partial charge in [0.1, 0.15) is 16.8 Å². The summed E-state index contributed by atoms with van der Waals surface area (Å²) in [5.41, 5.74) is 8.61. The van der Waals surface area contributed by atoms with Crippen LogP contribution in [0.2, 0.25) is 0 Å². The zero-order valence-electron chi connectivity index (χ0n) is 12.6. The molecular weight excluding hydrogens is 331 g/mol. The molecule has 0 aliphatic carbocycles. The van der Waals surface area contributed by atoms with Crippen molar-refractivity contribution >= 4 is 28.4 Å². The fraction of sp³-hybridized carbons (Fsp3) is 0.176. The van der Waals surface area contributed by atoms with Gasteiger partial charge in [-0.25, -0.2) is 9.07 Å². The smallest absolute Gasteiger partial charge is 0.251 e. The van der Waals surface area contributed by atoms with Crippen LogP contribution in [0, 0.1) is 5.82 Å². The third-order valence-corrected chi connectivity index (χ3v) is 4.61. The number of carbonyl (C=O) groups is 1. The van der Waals surface area contributed by atoms with Gasteiger partial charge in [-0.3, -0.25) is 10.1 Å². The zero-order chi connectivity index (χ0) is 16.8. The maximum absolute atomic E-state index is 13.7. The minimum absolute atomic E-state index is 0.0757. The number of aromatic nitrogens is 2. The van der Waals surface area contributed by atoms with Gasteiger partial charge in [0.25, 0.3) is 5.91 Å². The minimum Gasteiger partial charge on any atom is -0.366 e. The second-order valence-electron chi connectivity index (χ2n) is 5.78. The predicted octanol–water partition coefficient (Wildman–Crippen LogP) is 2.65. The topological polar surface area (TPSA) is 72.9 Å². The van der Waals surface area contributed by atoms with Crippen molar-refractivity contribution in [1.29, 1.82) is 0 Å². The van der Waals surface area contributed by atoms with E-state index in [2.05, 4.69) is 10.4 Å². The number of carbonyl (C=O) groups excluding carboxylic acids is 1. The Hall–Kier alpha value is -2.44. The van der Waals surface area contributed by atoms with E-state index in [1.807, 2.05) is 18.2 Å². The summed E-state index contributed by atoms with van der Waals surface area (Å²) >= 11 is 6.26. The number of hydrogen-bond donors (Lipinski definition) is 2. The van der Waals surface area contributed by atoms with E-state index in [4.69, 9.17) is 17.3 Å². The van der Waals surface area contributed by atoms with Crippen LogP contribution in [0.3, 0.4) is 0 Å². The fourth-order valence-electron chi connectivity index (χ4n) is 3.06. The van der Waals surface area contributed by atoms with Gasteiger partial charge in [-0.1, -0.05) is 6.07 Å². The summed E-state index contributed by atoms with van der Waals surface area (Å²) in [6, 6.07) is 8.31. The highest BCUT2D eigenvalue weighted by Gasteiger charge is 2.19. The van der Waals surface area contributed by atoms with Crippen LogP contribution < -0.4 is 11.1 Å². The highest BCUT2D eigenvalue weighted by Crippen LogP contribution is 2.28. The average molecular weight is 345 g/mol. The van der Waals surface area contributed by atoms with Crippen molar-refractivity contribution in [2.45, 2.75) is 11.9 Å². The van der Waals surface area contributed by atoms with Gasteiger partial charge < -0.3 is 5.73 Å². The summed E-state index contributed by atoms with van der Waals surface area (Å²) in [5.74, 6) is -1.22. The third kappa shape index (κ3) is 2.44. The molecule has 1 aliphatic heterocycles. The average Bonchev–Trinajstić information content (AvgIpc) is 2.97. The standard InChI is InChI=1S/C17H14ClFN4O/c18-16-13-2-1-12(6-9(13)3-4-21-16)23-8-10-5-11(19)7-14(17(20)24)15(10)22-23/h1-2,5-8,16,21H,3-4H2,(H2,20,24). The van der Waals surface area contributed by atoms with E-state index in [-0.39, 0.29) is 11.1 Å². The molecule has 1 aliphatic rings. The van der Waals surface area contributed by atoms with E-state index in [0.29, 0.717) is 10.9 Å². The molecule has 2 aromatic carbocycles. The molecule has 0 fully saturated rings. The van der Waals surface area contributed by atoms with Crippen LogP contribution in [0.1, 0.15) is 27.0 Å². The second kappa shape index (κ2) is 5.58. The number of nitrogens with one attached hydrogen (secondary N) is 1. The number of nitrogens with two attached hydrogens (primary N) is 1. The molecule has 1 atom stereocenters. The Kier molecular flexibility index (Phi) is 3.51. The molecule has 0 saturated carbocycles. The second-order valence-corrected chi connectivity index (χ2v) is 6.22. The van der Waals surface area contributed by atoms with Gasteiger partial charge in [-0.2, -0.15) is 5.10 Å². The molecule has 2 heterocycles. The lowest BCUT2D eigenvalue weighted by atomic mass is 10.0. The summed E-state index contributed by atoms with van der Waals surface area (Å²) in [7, 11) is 0. The van der Waals surface area contributed by atoms with Gasteiger partial charge in [0.2, 0.25) is 0 Å². The largest absolute Gasteiger partial charge is 0.366 e. The molecule has 0 bridgehead atoms. The lowest BCUT2D eigenvalue weighted by Gasteiger charge is -2.22. The molecule has 4 rings (SSSR count). The van der Waals surface area contributed by atoms with Crippen molar-refractivity contribution in [1.82, 2.24) is 15.1 Å². The van der Waals surface area contributed by atoms with Crippen molar-refractivity contribution < 1.29 is 9.18 Å². The van der Waals surface area contributed by atoms with Gasteiger partial charge in [0, 0.05) is 18.1 Å². The molecule has 3 aromatic rings. The van der Waals surface area contributed by atoms with Gasteiger partial charge in [0.15, 0.2) is 0 Å². The predicted molar refractivity (Wildman–Crippen MR) is 89.8 cm³/mol. The Labute approximate surface area is 142 Å². The summed E-state index contributed by atoms with van der Waals surface area (Å²) in [5, 5.41) is 8.14. The van der Waals surface area contributed by atoms with Crippen molar-refractivity contribution in [2.24, 2.45) is 5.73 Å². The first kappa shape index (κ1) is 15.1. The SMILES string of the molecule is NC(=O)c1cc(F)cc2cn(-c3ccc4c(c3)CCNC4Cl)nc12. The molecule has 1 amide bonds. The zero-order valence-corrected chi connectivity index (χ0v) is 13.3. The first-order valence-electron chi connectivity index (χ1n) is 7.52. The molecule has 122 valence electrons. The Morgan fingerprint density at radius 1 is 1.38 bits per heavy atom. The van der Waals surface area contributed by atoms with Crippen LogP contribution in [-0.2, 0) is 6.42 Å². The summed E-state index contributed by atoms with van der Waals surface area (Å²) in [4.78, 5) is 11.5. The number of benzene rings is 2. The normalized spacial score (nSPS) is 17.0. The maximum Gasteiger partial charge on any atom is 0.251 e. The van der Waals surface area contributed by atoms with Crippen LogP contribution in [0.15, 0.2) is 36.5 Å². The van der Waals surface area contributed by atoms with Crippen molar-refractivity contribution in [3.63, 3.8) is 0 Å². The number of primary amides is 1. The highest BCUT2D eigenvalue weighted by molar-refractivity contribution is 6.20. The lowest BCUT2D eigenvalue weighted by molar-refractivity contribution is 0.100. The molecule has 5 nitrogen and oxygen atoms in total. The molecule has 24 heavy (non-hydrogen) atoms. The number of fused-ring (bicyclic) bond motifs is 2. The first-order chi connectivity index (χ1) is 11.5. The van der Waals surface area contributed by atoms with Crippen molar-refractivity contribution in [3.05, 3.63) is 59.0 Å². The number of hydrogen-bond acceptors (Lipinski definition) is 3. The van der Waals surface area contributed by atoms with Crippen LogP contribution in [0.25, 0.3) is 16.6 Å². The molecule has 3 N–H and O–H groups in total. The number of halogens is 2. The number of alkyl halides is 1. The number of amides is 1. The van der Waals surface area contributed by atoms with Crippen LogP contribution >= 0.6 is 11.6 Å². The minimum atomic E-state index is -0.703. The number of rotatable bonds is 2. The van der Waals surface area contributed by atoms with Gasteiger partial charge >= 0.3 is 0 Å². The monoisotopic (exact) mass is 344 g/mol. The Balaban J connectivity index is 1.85. The van der Waals surface area contributed by atoms with E-state index in [1.165, 1.54) is 6.07 Å². The summed E-state index contributed by atoms with van der Waals surface area (Å²) in [6.45, 7) is 0.808. The molecule has 0 spiro atoms. The molecule has 7 heteroatoms. The Morgan fingerprint density at radius 3 is 3.00 bits per heavy atom. The van der Waals surface area contributed by atoms with Crippen LogP contribution in [0.4, 0.5) is 4.39 Å². The quantitative estimate of drug-likeness (QED) is 0.554. The lowest BCUT2D eigenvalue weighted by Crippen LogP contribution is -2.26. The Morgan fingerprint density at radius 2 is 2.21 bits per heavy atom. The summed E-state index contributed by atoms with van der Waals surface area (Å²) in [6.07, 6.45) is 2.56. The summed E-state index contributed by atoms with van der Waals surface area (Å²) < 4.78 is 15.3. The maximum atomic E-state index is 13.7. The van der Waals surface area contributed by atoms with Crippen LogP contribution in [0.5, 0.6) is 0 Å². The molecular formula is C17H14ClFN4O. The highest BCUT2D eigenvalue weighted by atomic mass is 35.5.